The fraction of sp³-hybridized carbons (Fsp3) is 0.414. The Morgan fingerprint density at radius 3 is 2.20 bits per heavy atom. The molecule has 3 atom stereocenters. The Labute approximate surface area is 233 Å². The number of nitrogens with zero attached hydrogens (tertiary/aromatic N) is 1. The maximum absolute atomic E-state index is 13.7. The molecule has 2 aromatic rings. The predicted molar refractivity (Wildman–Crippen MR) is 146 cm³/mol. The zero-order chi connectivity index (χ0) is 28.9. The van der Waals surface area contributed by atoms with Gasteiger partial charge in [-0.3, -0.25) is 19.2 Å². The highest BCUT2D eigenvalue weighted by atomic mass is 16.5. The minimum Gasteiger partial charge on any atom is -0.465 e. The SMILES string of the molecule is CCOC(=O)CNC(=O)[C@@H]1CC(C)CN1C(=O)[C@H](Cc1ccccc1)NC(=O)CNC(=O)OCc1ccccc1. The lowest BCUT2D eigenvalue weighted by molar-refractivity contribution is -0.145. The fourth-order valence-corrected chi connectivity index (χ4v) is 4.45. The van der Waals surface area contributed by atoms with Crippen LogP contribution in [0.1, 0.15) is 31.4 Å². The third-order valence-corrected chi connectivity index (χ3v) is 6.33. The number of nitrogens with one attached hydrogen (secondary N) is 3. The molecule has 1 aliphatic rings. The molecule has 0 spiro atoms. The van der Waals surface area contributed by atoms with Gasteiger partial charge >= 0.3 is 12.1 Å². The summed E-state index contributed by atoms with van der Waals surface area (Å²) in [5, 5.41) is 7.65. The van der Waals surface area contributed by atoms with Crippen LogP contribution in [-0.4, -0.2) is 73.0 Å². The second-order valence-corrected chi connectivity index (χ2v) is 9.60. The molecule has 0 aliphatic carbocycles. The largest absolute Gasteiger partial charge is 0.465 e. The van der Waals surface area contributed by atoms with Crippen LogP contribution in [0.15, 0.2) is 60.7 Å². The molecule has 11 nitrogen and oxygen atoms in total. The maximum atomic E-state index is 13.7. The minimum atomic E-state index is -0.984. The van der Waals surface area contributed by atoms with E-state index in [0.29, 0.717) is 13.0 Å². The standard InChI is InChI=1S/C29H36N4O7/c1-3-39-26(35)17-30-27(36)24-14-20(2)18-33(24)28(37)23(15-21-10-6-4-7-11-21)32-25(34)16-31-29(38)40-19-22-12-8-5-9-13-22/h4-13,20,23-24H,3,14-19H2,1-2H3,(H,30,36)(H,31,38)(H,32,34)/t20?,23-,24-/m0/s1. The van der Waals surface area contributed by atoms with Crippen molar-refractivity contribution in [1.29, 1.82) is 0 Å². The second kappa shape index (κ2) is 15.2. The smallest absolute Gasteiger partial charge is 0.407 e. The highest BCUT2D eigenvalue weighted by Gasteiger charge is 2.40. The number of hydrogen-bond acceptors (Lipinski definition) is 7. The topological polar surface area (TPSA) is 143 Å². The van der Waals surface area contributed by atoms with Crippen molar-refractivity contribution in [2.75, 3.05) is 26.2 Å². The molecule has 1 aliphatic heterocycles. The summed E-state index contributed by atoms with van der Waals surface area (Å²) in [6, 6.07) is 16.5. The normalized spacial score (nSPS) is 16.9. The summed E-state index contributed by atoms with van der Waals surface area (Å²) >= 11 is 0. The number of carbonyl (C=O) groups is 5. The Kier molecular flexibility index (Phi) is 11.5. The summed E-state index contributed by atoms with van der Waals surface area (Å²) in [6.45, 7) is 3.47. The first-order chi connectivity index (χ1) is 19.3. The lowest BCUT2D eigenvalue weighted by Crippen LogP contribution is -2.55. The summed E-state index contributed by atoms with van der Waals surface area (Å²) in [4.78, 5) is 64.6. The van der Waals surface area contributed by atoms with Crippen molar-refractivity contribution >= 4 is 29.8 Å². The van der Waals surface area contributed by atoms with Gasteiger partial charge in [-0.2, -0.15) is 0 Å². The predicted octanol–water partition coefficient (Wildman–Crippen LogP) is 1.56. The van der Waals surface area contributed by atoms with Gasteiger partial charge in [0.2, 0.25) is 17.7 Å². The quantitative estimate of drug-likeness (QED) is 0.339. The van der Waals surface area contributed by atoms with E-state index >= 15 is 0 Å². The van der Waals surface area contributed by atoms with Crippen LogP contribution < -0.4 is 16.0 Å². The van der Waals surface area contributed by atoms with E-state index in [-0.39, 0.29) is 32.1 Å². The molecule has 0 bridgehead atoms. The van der Waals surface area contributed by atoms with Crippen LogP contribution in [0.3, 0.4) is 0 Å². The van der Waals surface area contributed by atoms with Crippen molar-refractivity contribution in [2.45, 2.75) is 45.4 Å². The molecule has 3 N–H and O–H groups in total. The number of benzene rings is 2. The van der Waals surface area contributed by atoms with Gasteiger partial charge in [-0.1, -0.05) is 67.6 Å². The summed E-state index contributed by atoms with van der Waals surface area (Å²) in [5.41, 5.74) is 1.61. The van der Waals surface area contributed by atoms with Gasteiger partial charge in [0.25, 0.3) is 0 Å². The van der Waals surface area contributed by atoms with E-state index in [0.717, 1.165) is 11.1 Å². The zero-order valence-electron chi connectivity index (χ0n) is 22.8. The fourth-order valence-electron chi connectivity index (χ4n) is 4.45. The minimum absolute atomic E-state index is 0.0384. The lowest BCUT2D eigenvalue weighted by Gasteiger charge is -2.29. The molecule has 2 aromatic carbocycles. The van der Waals surface area contributed by atoms with Gasteiger partial charge in [0, 0.05) is 13.0 Å². The number of likely N-dealkylation sites (tertiary alicyclic amines) is 1. The number of hydrogen-bond donors (Lipinski definition) is 3. The van der Waals surface area contributed by atoms with Crippen LogP contribution in [0.2, 0.25) is 0 Å². The van der Waals surface area contributed by atoms with E-state index in [1.165, 1.54) is 4.90 Å². The van der Waals surface area contributed by atoms with Crippen molar-refractivity contribution in [3.05, 3.63) is 71.8 Å². The molecule has 1 saturated heterocycles. The first-order valence-electron chi connectivity index (χ1n) is 13.3. The van der Waals surface area contributed by atoms with Crippen LogP contribution in [0, 0.1) is 5.92 Å². The molecule has 214 valence electrons. The van der Waals surface area contributed by atoms with Crippen LogP contribution in [-0.2, 0) is 41.7 Å². The van der Waals surface area contributed by atoms with E-state index in [1.807, 2.05) is 67.6 Å². The van der Waals surface area contributed by atoms with E-state index in [1.54, 1.807) is 6.92 Å². The Morgan fingerprint density at radius 2 is 1.55 bits per heavy atom. The molecular weight excluding hydrogens is 516 g/mol. The first-order valence-corrected chi connectivity index (χ1v) is 13.3. The average Bonchev–Trinajstić information content (AvgIpc) is 3.36. The molecule has 3 rings (SSSR count). The van der Waals surface area contributed by atoms with Gasteiger partial charge in [-0.25, -0.2) is 4.79 Å². The average molecular weight is 553 g/mol. The van der Waals surface area contributed by atoms with Gasteiger partial charge in [0.1, 0.15) is 31.8 Å². The number of amides is 4. The monoisotopic (exact) mass is 552 g/mol. The number of rotatable bonds is 12. The molecule has 4 amide bonds. The molecular formula is C29H36N4O7. The maximum Gasteiger partial charge on any atom is 0.407 e. The van der Waals surface area contributed by atoms with E-state index < -0.39 is 48.4 Å². The van der Waals surface area contributed by atoms with Crippen LogP contribution >= 0.6 is 0 Å². The number of carbonyl (C=O) groups excluding carboxylic acids is 5. The van der Waals surface area contributed by atoms with Gasteiger partial charge < -0.3 is 30.3 Å². The highest BCUT2D eigenvalue weighted by Crippen LogP contribution is 2.24. The van der Waals surface area contributed by atoms with Crippen LogP contribution in [0.25, 0.3) is 0 Å². The van der Waals surface area contributed by atoms with Crippen molar-refractivity contribution in [3.63, 3.8) is 0 Å². The molecule has 1 heterocycles. The summed E-state index contributed by atoms with van der Waals surface area (Å²) < 4.78 is 9.99. The summed E-state index contributed by atoms with van der Waals surface area (Å²) in [5.74, 6) is -2.00. The Balaban J connectivity index is 1.63. The van der Waals surface area contributed by atoms with E-state index in [9.17, 15) is 24.0 Å². The van der Waals surface area contributed by atoms with Gasteiger partial charge in [0.15, 0.2) is 0 Å². The summed E-state index contributed by atoms with van der Waals surface area (Å²) in [7, 11) is 0. The lowest BCUT2D eigenvalue weighted by atomic mass is 10.0. The van der Waals surface area contributed by atoms with E-state index in [2.05, 4.69) is 16.0 Å². The second-order valence-electron chi connectivity index (χ2n) is 9.60. The first kappa shape index (κ1) is 30.1. The molecule has 0 saturated carbocycles. The summed E-state index contributed by atoms with van der Waals surface area (Å²) in [6.07, 6.45) is -0.163. The Hall–Kier alpha value is -4.41. The number of alkyl carbamates (subject to hydrolysis) is 1. The Morgan fingerprint density at radius 1 is 0.900 bits per heavy atom. The van der Waals surface area contributed by atoms with Crippen molar-refractivity contribution in [3.8, 4) is 0 Å². The molecule has 11 heteroatoms. The van der Waals surface area contributed by atoms with Gasteiger partial charge in [0.05, 0.1) is 6.61 Å². The third-order valence-electron chi connectivity index (χ3n) is 6.33. The van der Waals surface area contributed by atoms with Crippen molar-refractivity contribution < 1.29 is 33.4 Å². The molecule has 1 fully saturated rings. The van der Waals surface area contributed by atoms with Gasteiger partial charge in [-0.05, 0) is 30.4 Å². The van der Waals surface area contributed by atoms with Gasteiger partial charge in [-0.15, -0.1) is 0 Å². The van der Waals surface area contributed by atoms with Crippen LogP contribution in [0.4, 0.5) is 4.79 Å². The van der Waals surface area contributed by atoms with E-state index in [4.69, 9.17) is 9.47 Å². The van der Waals surface area contributed by atoms with Crippen molar-refractivity contribution in [1.82, 2.24) is 20.9 Å². The third kappa shape index (κ3) is 9.40. The number of ether oxygens (including phenoxy) is 2. The molecule has 40 heavy (non-hydrogen) atoms. The molecule has 0 radical (unpaired) electrons. The Bertz CT molecular complexity index is 1160. The highest BCUT2D eigenvalue weighted by molar-refractivity contribution is 5.94. The molecule has 0 aromatic heterocycles. The van der Waals surface area contributed by atoms with Crippen molar-refractivity contribution in [2.24, 2.45) is 5.92 Å². The zero-order valence-corrected chi connectivity index (χ0v) is 22.8. The number of esters is 1. The van der Waals surface area contributed by atoms with Crippen LogP contribution in [0.5, 0.6) is 0 Å². The molecule has 1 unspecified atom stereocenters.